The van der Waals surface area contributed by atoms with Gasteiger partial charge in [-0.15, -0.1) is 0 Å². The van der Waals surface area contributed by atoms with Gasteiger partial charge in [0.1, 0.15) is 0 Å². The van der Waals surface area contributed by atoms with Gasteiger partial charge in [-0.1, -0.05) is 23.9 Å². The van der Waals surface area contributed by atoms with Gasteiger partial charge in [-0.3, -0.25) is 5.41 Å². The summed E-state index contributed by atoms with van der Waals surface area (Å²) in [6, 6.07) is 7.71. The molecule has 4 nitrogen and oxygen atoms in total. The second-order valence-corrected chi connectivity index (χ2v) is 8.97. The molecule has 3 rings (SSSR count). The molecular weight excluding hydrogens is 383 g/mol. The quantitative estimate of drug-likeness (QED) is 0.740. The molecule has 1 aromatic carbocycles. The van der Waals surface area contributed by atoms with Gasteiger partial charge in [0.25, 0.3) is 0 Å². The molecule has 2 fully saturated rings. The first-order valence-corrected chi connectivity index (χ1v) is 9.25. The Labute approximate surface area is 124 Å². The molecule has 0 spiro atoms. The number of rotatable bonds is 1. The van der Waals surface area contributed by atoms with E-state index in [1.807, 2.05) is 29.2 Å². The van der Waals surface area contributed by atoms with E-state index in [2.05, 4.69) is 22.6 Å². The molecular formula is C11H11IN2O2S2. The first kappa shape index (κ1) is 12.7. The molecule has 18 heavy (non-hydrogen) atoms. The van der Waals surface area contributed by atoms with Crippen LogP contribution >= 0.6 is 34.4 Å². The van der Waals surface area contributed by atoms with Crippen molar-refractivity contribution in [3.05, 3.63) is 27.8 Å². The number of nitrogens with zero attached hydrogens (tertiary/aromatic N) is 1. The van der Waals surface area contributed by atoms with E-state index in [1.54, 1.807) is 0 Å². The molecule has 0 radical (unpaired) electrons. The molecule has 0 amide bonds. The van der Waals surface area contributed by atoms with Gasteiger partial charge < -0.3 is 4.90 Å². The Balaban J connectivity index is 2.02. The number of thioether (sulfide) groups is 1. The number of halogens is 1. The van der Waals surface area contributed by atoms with Gasteiger partial charge in [0.15, 0.2) is 15.0 Å². The molecule has 7 heteroatoms. The van der Waals surface area contributed by atoms with Crippen molar-refractivity contribution >= 4 is 55.0 Å². The monoisotopic (exact) mass is 394 g/mol. The lowest BCUT2D eigenvalue weighted by atomic mass is 10.2. The van der Waals surface area contributed by atoms with Crippen LogP contribution in [0.25, 0.3) is 0 Å². The minimum atomic E-state index is -2.94. The van der Waals surface area contributed by atoms with Crippen molar-refractivity contribution in [1.29, 1.82) is 5.41 Å². The normalized spacial score (nSPS) is 29.6. The second-order valence-electron chi connectivity index (χ2n) is 4.43. The van der Waals surface area contributed by atoms with Gasteiger partial charge >= 0.3 is 0 Å². The minimum Gasteiger partial charge on any atom is -0.315 e. The van der Waals surface area contributed by atoms with Crippen LogP contribution in [0, 0.1) is 8.98 Å². The molecule has 96 valence electrons. The SMILES string of the molecule is N=C1SC2CS(=O)(=O)CC2N1c1ccccc1I. The Kier molecular flexibility index (Phi) is 3.10. The van der Waals surface area contributed by atoms with Gasteiger partial charge in [-0.2, -0.15) is 0 Å². The van der Waals surface area contributed by atoms with Crippen LogP contribution in [0.4, 0.5) is 5.69 Å². The summed E-state index contributed by atoms with van der Waals surface area (Å²) in [5, 5.41) is 8.53. The predicted octanol–water partition coefficient (Wildman–Crippen LogP) is 1.94. The van der Waals surface area contributed by atoms with Crippen molar-refractivity contribution < 1.29 is 8.42 Å². The van der Waals surface area contributed by atoms with E-state index in [0.717, 1.165) is 9.26 Å². The van der Waals surface area contributed by atoms with Crippen molar-refractivity contribution in [3.8, 4) is 0 Å². The topological polar surface area (TPSA) is 61.2 Å². The zero-order valence-electron chi connectivity index (χ0n) is 9.34. The number of nitrogens with one attached hydrogen (secondary N) is 1. The fraction of sp³-hybridized carbons (Fsp3) is 0.364. The molecule has 2 atom stereocenters. The Morgan fingerprint density at radius 2 is 2.06 bits per heavy atom. The molecule has 2 heterocycles. The van der Waals surface area contributed by atoms with E-state index >= 15 is 0 Å². The molecule has 2 unspecified atom stereocenters. The Morgan fingerprint density at radius 1 is 1.33 bits per heavy atom. The second kappa shape index (κ2) is 4.38. The maximum atomic E-state index is 11.7. The van der Waals surface area contributed by atoms with Gasteiger partial charge in [0.2, 0.25) is 0 Å². The molecule has 2 saturated heterocycles. The lowest BCUT2D eigenvalue weighted by molar-refractivity contribution is 0.601. The summed E-state index contributed by atoms with van der Waals surface area (Å²) in [6.07, 6.45) is 0. The molecule has 0 saturated carbocycles. The van der Waals surface area contributed by atoms with Crippen LogP contribution in [-0.2, 0) is 9.84 Å². The van der Waals surface area contributed by atoms with Gasteiger partial charge in [0, 0.05) is 8.82 Å². The van der Waals surface area contributed by atoms with E-state index in [1.165, 1.54) is 11.8 Å². The highest BCUT2D eigenvalue weighted by Crippen LogP contribution is 2.41. The molecule has 2 aliphatic rings. The van der Waals surface area contributed by atoms with Crippen molar-refractivity contribution in [3.63, 3.8) is 0 Å². The fourth-order valence-electron chi connectivity index (χ4n) is 2.44. The molecule has 1 N–H and O–H groups in total. The highest BCUT2D eigenvalue weighted by molar-refractivity contribution is 14.1. The van der Waals surface area contributed by atoms with E-state index in [0.29, 0.717) is 5.17 Å². The maximum absolute atomic E-state index is 11.7. The zero-order valence-corrected chi connectivity index (χ0v) is 13.1. The minimum absolute atomic E-state index is 0.0125. The third-order valence-corrected chi connectivity index (χ3v) is 7.24. The number of amidine groups is 1. The Morgan fingerprint density at radius 3 is 2.78 bits per heavy atom. The van der Waals surface area contributed by atoms with Crippen LogP contribution in [0.15, 0.2) is 24.3 Å². The smallest absolute Gasteiger partial charge is 0.161 e. The van der Waals surface area contributed by atoms with Gasteiger partial charge in [-0.25, -0.2) is 8.42 Å². The third kappa shape index (κ3) is 2.05. The van der Waals surface area contributed by atoms with Crippen LogP contribution in [0.5, 0.6) is 0 Å². The molecule has 0 bridgehead atoms. The number of fused-ring (bicyclic) bond motifs is 1. The summed E-state index contributed by atoms with van der Waals surface area (Å²) >= 11 is 3.60. The Hall–Kier alpha value is -0.280. The standard InChI is InChI=1S/C11H11IN2O2S2/c12-7-3-1-2-4-8(7)14-9-5-18(15,16)6-10(9)17-11(14)13/h1-4,9-10,13H,5-6H2. The van der Waals surface area contributed by atoms with E-state index < -0.39 is 9.84 Å². The number of hydrogen-bond acceptors (Lipinski definition) is 4. The van der Waals surface area contributed by atoms with Crippen LogP contribution in [0.1, 0.15) is 0 Å². The van der Waals surface area contributed by atoms with Crippen molar-refractivity contribution in [2.75, 3.05) is 16.4 Å². The van der Waals surface area contributed by atoms with Gasteiger partial charge in [-0.05, 0) is 34.7 Å². The lowest BCUT2D eigenvalue weighted by Crippen LogP contribution is -2.37. The number of sulfone groups is 1. The van der Waals surface area contributed by atoms with E-state index in [-0.39, 0.29) is 22.8 Å². The highest BCUT2D eigenvalue weighted by atomic mass is 127. The summed E-state index contributed by atoms with van der Waals surface area (Å²) in [4.78, 5) is 1.88. The first-order chi connectivity index (χ1) is 8.48. The van der Waals surface area contributed by atoms with Gasteiger partial charge in [0.05, 0.1) is 23.2 Å². The number of benzene rings is 1. The molecule has 2 aliphatic heterocycles. The predicted molar refractivity (Wildman–Crippen MR) is 83.2 cm³/mol. The summed E-state index contributed by atoms with van der Waals surface area (Å²) in [5.41, 5.74) is 0.945. The number of hydrogen-bond donors (Lipinski definition) is 1. The van der Waals surface area contributed by atoms with Crippen LogP contribution in [-0.4, -0.2) is 36.4 Å². The average molecular weight is 394 g/mol. The van der Waals surface area contributed by atoms with Crippen LogP contribution in [0.3, 0.4) is 0 Å². The molecule has 0 aliphatic carbocycles. The van der Waals surface area contributed by atoms with Crippen LogP contribution in [0.2, 0.25) is 0 Å². The lowest BCUT2D eigenvalue weighted by Gasteiger charge is -2.24. The molecule has 1 aromatic rings. The molecule has 0 aromatic heterocycles. The Bertz CT molecular complexity index is 617. The zero-order chi connectivity index (χ0) is 12.9. The van der Waals surface area contributed by atoms with Crippen LogP contribution < -0.4 is 4.90 Å². The summed E-state index contributed by atoms with van der Waals surface area (Å²) in [5.74, 6) is 0.364. The summed E-state index contributed by atoms with van der Waals surface area (Å²) in [7, 11) is -2.94. The van der Waals surface area contributed by atoms with E-state index in [4.69, 9.17) is 5.41 Å². The number of para-hydroxylation sites is 1. The average Bonchev–Trinajstić information content (AvgIpc) is 2.70. The van der Waals surface area contributed by atoms with Crippen molar-refractivity contribution in [2.24, 2.45) is 0 Å². The third-order valence-electron chi connectivity index (χ3n) is 3.20. The maximum Gasteiger partial charge on any atom is 0.161 e. The fourth-order valence-corrected chi connectivity index (χ4v) is 6.87. The van der Waals surface area contributed by atoms with Crippen molar-refractivity contribution in [2.45, 2.75) is 11.3 Å². The first-order valence-electron chi connectivity index (χ1n) is 5.47. The summed E-state index contributed by atoms with van der Waals surface area (Å²) < 4.78 is 24.4. The summed E-state index contributed by atoms with van der Waals surface area (Å²) in [6.45, 7) is 0. The largest absolute Gasteiger partial charge is 0.315 e. The highest BCUT2D eigenvalue weighted by Gasteiger charge is 2.48. The number of anilines is 1. The van der Waals surface area contributed by atoms with E-state index in [9.17, 15) is 8.42 Å². The van der Waals surface area contributed by atoms with Crippen molar-refractivity contribution in [1.82, 2.24) is 0 Å².